The Labute approximate surface area is 151 Å². The van der Waals surface area contributed by atoms with Crippen molar-refractivity contribution in [3.05, 3.63) is 53.3 Å². The average molecular weight is 405 g/mol. The van der Waals surface area contributed by atoms with Crippen LogP contribution >= 0.6 is 27.7 Å². The van der Waals surface area contributed by atoms with Gasteiger partial charge in [-0.05, 0) is 36.4 Å². The van der Waals surface area contributed by atoms with Crippen molar-refractivity contribution in [3.63, 3.8) is 0 Å². The fourth-order valence-corrected chi connectivity index (χ4v) is 3.10. The fourth-order valence-electron chi connectivity index (χ4n) is 2.05. The van der Waals surface area contributed by atoms with Crippen LogP contribution in [0.2, 0.25) is 0 Å². The highest BCUT2D eigenvalue weighted by Gasteiger charge is 2.17. The third kappa shape index (κ3) is 3.65. The van der Waals surface area contributed by atoms with Crippen molar-refractivity contribution in [2.24, 2.45) is 0 Å². The molecule has 3 rings (SSSR count). The molecular formula is C16H13BrN4O2S. The van der Waals surface area contributed by atoms with E-state index in [9.17, 15) is 4.79 Å². The quantitative estimate of drug-likeness (QED) is 0.479. The number of esters is 1. The molecule has 0 unspecified atom stereocenters. The fraction of sp³-hybridized carbons (Fsp3) is 0.125. The molecule has 6 nitrogen and oxygen atoms in total. The maximum absolute atomic E-state index is 11.4. The lowest BCUT2D eigenvalue weighted by atomic mass is 10.2. The maximum atomic E-state index is 11.4. The van der Waals surface area contributed by atoms with Gasteiger partial charge < -0.3 is 4.74 Å². The van der Waals surface area contributed by atoms with Gasteiger partial charge in [0, 0.05) is 28.1 Å². The van der Waals surface area contributed by atoms with Crippen molar-refractivity contribution in [2.75, 3.05) is 12.9 Å². The van der Waals surface area contributed by atoms with Crippen molar-refractivity contribution in [1.82, 2.24) is 19.7 Å². The minimum absolute atomic E-state index is 0.165. The van der Waals surface area contributed by atoms with Gasteiger partial charge in [-0.3, -0.25) is 14.3 Å². The Kier molecular flexibility index (Phi) is 5.27. The average Bonchev–Trinajstić information content (AvgIpc) is 3.05. The molecule has 3 aromatic rings. The van der Waals surface area contributed by atoms with Crippen LogP contribution in [0, 0.1) is 0 Å². The zero-order valence-corrected chi connectivity index (χ0v) is 15.1. The molecule has 0 atom stereocenters. The van der Waals surface area contributed by atoms with Crippen LogP contribution in [-0.4, -0.2) is 38.6 Å². The number of nitrogens with zero attached hydrogens (tertiary/aromatic N) is 4. The predicted molar refractivity (Wildman–Crippen MR) is 95.0 cm³/mol. The van der Waals surface area contributed by atoms with E-state index >= 15 is 0 Å². The zero-order valence-electron chi connectivity index (χ0n) is 12.7. The highest BCUT2D eigenvalue weighted by molar-refractivity contribution is 9.10. The minimum Gasteiger partial charge on any atom is -0.468 e. The summed E-state index contributed by atoms with van der Waals surface area (Å²) in [7, 11) is 1.36. The second kappa shape index (κ2) is 7.59. The lowest BCUT2D eigenvalue weighted by Gasteiger charge is -2.10. The van der Waals surface area contributed by atoms with Crippen LogP contribution in [0.15, 0.2) is 58.4 Å². The third-order valence-electron chi connectivity index (χ3n) is 3.18. The first-order valence-electron chi connectivity index (χ1n) is 7.00. The molecular weight excluding hydrogens is 392 g/mol. The van der Waals surface area contributed by atoms with Crippen LogP contribution in [0.4, 0.5) is 0 Å². The molecule has 0 bridgehead atoms. The molecule has 122 valence electrons. The van der Waals surface area contributed by atoms with Gasteiger partial charge in [0.15, 0.2) is 11.0 Å². The number of rotatable bonds is 5. The number of thioether (sulfide) groups is 1. The van der Waals surface area contributed by atoms with Gasteiger partial charge in [0.25, 0.3) is 0 Å². The molecule has 0 aliphatic carbocycles. The molecule has 0 fully saturated rings. The Hall–Kier alpha value is -2.19. The summed E-state index contributed by atoms with van der Waals surface area (Å²) in [5.74, 6) is 0.518. The van der Waals surface area contributed by atoms with E-state index in [1.54, 1.807) is 12.4 Å². The van der Waals surface area contributed by atoms with E-state index in [2.05, 4.69) is 31.1 Å². The second-order valence-corrected chi connectivity index (χ2v) is 6.58. The number of carbonyl (C=O) groups excluding carboxylic acids is 1. The summed E-state index contributed by atoms with van der Waals surface area (Å²) in [5, 5.41) is 9.12. The Balaban J connectivity index is 2.05. The molecule has 0 saturated heterocycles. The van der Waals surface area contributed by atoms with E-state index in [0.717, 1.165) is 15.7 Å². The number of hydrogen-bond acceptors (Lipinski definition) is 6. The highest BCUT2D eigenvalue weighted by atomic mass is 79.9. The van der Waals surface area contributed by atoms with Gasteiger partial charge in [0.2, 0.25) is 0 Å². The molecule has 0 amide bonds. The summed E-state index contributed by atoms with van der Waals surface area (Å²) in [6.45, 7) is 0. The number of methoxy groups -OCH3 is 1. The van der Waals surface area contributed by atoms with Crippen molar-refractivity contribution in [1.29, 1.82) is 0 Å². The van der Waals surface area contributed by atoms with Crippen LogP contribution in [-0.2, 0) is 9.53 Å². The number of aromatic nitrogens is 4. The van der Waals surface area contributed by atoms with Gasteiger partial charge in [-0.15, -0.1) is 10.2 Å². The summed E-state index contributed by atoms with van der Waals surface area (Å²) in [5.41, 5.74) is 1.74. The molecule has 2 aromatic heterocycles. The van der Waals surface area contributed by atoms with Crippen LogP contribution in [0.5, 0.6) is 0 Å². The van der Waals surface area contributed by atoms with Gasteiger partial charge in [0.1, 0.15) is 0 Å². The Morgan fingerprint density at radius 2 is 2.04 bits per heavy atom. The smallest absolute Gasteiger partial charge is 0.316 e. The molecule has 8 heteroatoms. The highest BCUT2D eigenvalue weighted by Crippen LogP contribution is 2.28. The van der Waals surface area contributed by atoms with Crippen LogP contribution in [0.25, 0.3) is 17.1 Å². The van der Waals surface area contributed by atoms with Crippen LogP contribution < -0.4 is 0 Å². The first-order valence-corrected chi connectivity index (χ1v) is 8.78. The Morgan fingerprint density at radius 1 is 1.25 bits per heavy atom. The minimum atomic E-state index is -0.312. The first-order chi connectivity index (χ1) is 11.7. The largest absolute Gasteiger partial charge is 0.468 e. The van der Waals surface area contributed by atoms with Gasteiger partial charge in [-0.2, -0.15) is 0 Å². The topological polar surface area (TPSA) is 69.9 Å². The summed E-state index contributed by atoms with van der Waals surface area (Å²) in [6, 6.07) is 11.6. The Bertz CT molecular complexity index is 837. The molecule has 0 spiro atoms. The summed E-state index contributed by atoms with van der Waals surface area (Å²) < 4.78 is 7.57. The zero-order chi connectivity index (χ0) is 16.9. The standard InChI is InChI=1S/C16H13BrN4O2S/c1-23-14(22)10-24-16-20-19-15(11-3-2-8-18-9-11)21(16)13-6-4-12(17)5-7-13/h2-9H,10H2,1H3. The number of ether oxygens (including phenoxy) is 1. The van der Waals surface area contributed by atoms with Gasteiger partial charge in [0.05, 0.1) is 12.9 Å². The molecule has 1 aromatic carbocycles. The summed E-state index contributed by atoms with van der Waals surface area (Å²) in [4.78, 5) is 15.6. The summed E-state index contributed by atoms with van der Waals surface area (Å²) >= 11 is 4.71. The maximum Gasteiger partial charge on any atom is 0.316 e. The third-order valence-corrected chi connectivity index (χ3v) is 4.62. The molecule has 2 heterocycles. The predicted octanol–water partition coefficient (Wildman–Crippen LogP) is 3.36. The van der Waals surface area contributed by atoms with Gasteiger partial charge in [-0.1, -0.05) is 27.7 Å². The summed E-state index contributed by atoms with van der Waals surface area (Å²) in [6.07, 6.45) is 3.44. The van der Waals surface area contributed by atoms with Crippen molar-refractivity contribution < 1.29 is 9.53 Å². The lowest BCUT2D eigenvalue weighted by molar-refractivity contribution is -0.137. The molecule has 0 aliphatic heterocycles. The lowest BCUT2D eigenvalue weighted by Crippen LogP contribution is -2.05. The number of halogens is 1. The normalized spacial score (nSPS) is 10.6. The van der Waals surface area contributed by atoms with Crippen LogP contribution in [0.3, 0.4) is 0 Å². The van der Waals surface area contributed by atoms with E-state index in [1.165, 1.54) is 18.9 Å². The van der Waals surface area contributed by atoms with E-state index in [-0.39, 0.29) is 11.7 Å². The van der Waals surface area contributed by atoms with Gasteiger partial charge >= 0.3 is 5.97 Å². The Morgan fingerprint density at radius 3 is 2.71 bits per heavy atom. The second-order valence-electron chi connectivity index (χ2n) is 4.72. The van der Waals surface area contributed by atoms with E-state index in [4.69, 9.17) is 4.74 Å². The number of benzene rings is 1. The molecule has 0 aliphatic rings. The van der Waals surface area contributed by atoms with E-state index in [1.807, 2.05) is 41.0 Å². The van der Waals surface area contributed by atoms with Crippen molar-refractivity contribution in [2.45, 2.75) is 5.16 Å². The van der Waals surface area contributed by atoms with Crippen LogP contribution in [0.1, 0.15) is 0 Å². The molecule has 0 radical (unpaired) electrons. The number of hydrogen-bond donors (Lipinski definition) is 0. The molecule has 24 heavy (non-hydrogen) atoms. The monoisotopic (exact) mass is 404 g/mol. The van der Waals surface area contributed by atoms with E-state index in [0.29, 0.717) is 11.0 Å². The SMILES string of the molecule is COC(=O)CSc1nnc(-c2cccnc2)n1-c1ccc(Br)cc1. The van der Waals surface area contributed by atoms with Gasteiger partial charge in [-0.25, -0.2) is 0 Å². The van der Waals surface area contributed by atoms with Crippen molar-refractivity contribution in [3.8, 4) is 17.1 Å². The molecule has 0 N–H and O–H groups in total. The number of carbonyl (C=O) groups is 1. The first kappa shape index (κ1) is 16.7. The van der Waals surface area contributed by atoms with E-state index < -0.39 is 0 Å². The number of pyridine rings is 1. The van der Waals surface area contributed by atoms with Crippen molar-refractivity contribution >= 4 is 33.7 Å². The molecule has 0 saturated carbocycles.